The van der Waals surface area contributed by atoms with E-state index in [2.05, 4.69) is 5.32 Å². The maximum absolute atomic E-state index is 13.1. The molecular weight excluding hydrogens is 368 g/mol. The van der Waals surface area contributed by atoms with Crippen LogP contribution in [-0.2, 0) is 17.9 Å². The quantitative estimate of drug-likeness (QED) is 0.635. The number of nitrogens with zero attached hydrogens (tertiary/aromatic N) is 1. The molecule has 0 aliphatic rings. The first-order chi connectivity index (χ1) is 14.1. The summed E-state index contributed by atoms with van der Waals surface area (Å²) in [6.45, 7) is 2.43. The molecule has 6 heteroatoms. The van der Waals surface area contributed by atoms with Gasteiger partial charge in [0.25, 0.3) is 11.8 Å². The summed E-state index contributed by atoms with van der Waals surface area (Å²) >= 11 is 0. The van der Waals surface area contributed by atoms with Crippen LogP contribution in [0.15, 0.2) is 77.4 Å². The van der Waals surface area contributed by atoms with Gasteiger partial charge in [-0.2, -0.15) is 0 Å². The van der Waals surface area contributed by atoms with E-state index in [9.17, 15) is 9.59 Å². The van der Waals surface area contributed by atoms with Crippen LogP contribution < -0.4 is 10.1 Å². The van der Waals surface area contributed by atoms with Crippen molar-refractivity contribution in [3.8, 4) is 5.75 Å². The molecule has 6 nitrogen and oxygen atoms in total. The van der Waals surface area contributed by atoms with Gasteiger partial charge in [-0.05, 0) is 48.9 Å². The SMILES string of the molecule is CNC(=O)c1ccc(CN(Cc2ccco2)C(=O)C(C)Oc2ccccc2)cc1. The number of hydrogen-bond donors (Lipinski definition) is 1. The molecule has 0 fully saturated rings. The first-order valence-corrected chi connectivity index (χ1v) is 9.40. The predicted molar refractivity (Wildman–Crippen MR) is 109 cm³/mol. The third-order valence-corrected chi connectivity index (χ3v) is 4.46. The Morgan fingerprint density at radius 2 is 1.72 bits per heavy atom. The Labute approximate surface area is 170 Å². The monoisotopic (exact) mass is 392 g/mol. The molecule has 0 aliphatic heterocycles. The molecule has 29 heavy (non-hydrogen) atoms. The summed E-state index contributed by atoms with van der Waals surface area (Å²) in [6.07, 6.45) is 0.928. The van der Waals surface area contributed by atoms with Gasteiger partial charge in [-0.3, -0.25) is 9.59 Å². The Morgan fingerprint density at radius 3 is 2.34 bits per heavy atom. The average Bonchev–Trinajstić information content (AvgIpc) is 3.26. The zero-order valence-electron chi connectivity index (χ0n) is 16.5. The van der Waals surface area contributed by atoms with Gasteiger partial charge in [0.2, 0.25) is 0 Å². The number of benzene rings is 2. The van der Waals surface area contributed by atoms with Crippen LogP contribution in [0.3, 0.4) is 0 Å². The van der Waals surface area contributed by atoms with Gasteiger partial charge < -0.3 is 19.4 Å². The van der Waals surface area contributed by atoms with Crippen molar-refractivity contribution in [2.24, 2.45) is 0 Å². The fraction of sp³-hybridized carbons (Fsp3) is 0.217. The summed E-state index contributed by atoms with van der Waals surface area (Å²) in [7, 11) is 1.59. The molecule has 3 aromatic rings. The molecule has 1 unspecified atom stereocenters. The summed E-state index contributed by atoms with van der Waals surface area (Å²) in [4.78, 5) is 26.5. The van der Waals surface area contributed by atoms with E-state index in [1.165, 1.54) is 0 Å². The van der Waals surface area contributed by atoms with Crippen molar-refractivity contribution in [3.63, 3.8) is 0 Å². The minimum atomic E-state index is -0.655. The number of amides is 2. The first-order valence-electron chi connectivity index (χ1n) is 9.40. The summed E-state index contributed by atoms with van der Waals surface area (Å²) in [5.74, 6) is 1.03. The van der Waals surface area contributed by atoms with Crippen molar-refractivity contribution in [2.45, 2.75) is 26.1 Å². The second-order valence-corrected chi connectivity index (χ2v) is 6.62. The van der Waals surface area contributed by atoms with Crippen LogP contribution >= 0.6 is 0 Å². The third-order valence-electron chi connectivity index (χ3n) is 4.46. The maximum atomic E-state index is 13.1. The van der Waals surface area contributed by atoms with E-state index in [-0.39, 0.29) is 11.8 Å². The van der Waals surface area contributed by atoms with E-state index in [4.69, 9.17) is 9.15 Å². The Kier molecular flexibility index (Phi) is 6.68. The van der Waals surface area contributed by atoms with Crippen molar-refractivity contribution >= 4 is 11.8 Å². The van der Waals surface area contributed by atoms with Crippen molar-refractivity contribution in [1.82, 2.24) is 10.2 Å². The van der Waals surface area contributed by atoms with Crippen molar-refractivity contribution < 1.29 is 18.7 Å². The van der Waals surface area contributed by atoms with Crippen molar-refractivity contribution in [2.75, 3.05) is 7.05 Å². The van der Waals surface area contributed by atoms with Gasteiger partial charge in [0, 0.05) is 19.2 Å². The number of carbonyl (C=O) groups is 2. The van der Waals surface area contributed by atoms with Gasteiger partial charge >= 0.3 is 0 Å². The number of ether oxygens (including phenoxy) is 1. The predicted octanol–water partition coefficient (Wildman–Crippen LogP) is 3.64. The lowest BCUT2D eigenvalue weighted by atomic mass is 10.1. The molecule has 0 bridgehead atoms. The Morgan fingerprint density at radius 1 is 1.00 bits per heavy atom. The van der Waals surface area contributed by atoms with Crippen LogP contribution in [0.25, 0.3) is 0 Å². The highest BCUT2D eigenvalue weighted by atomic mass is 16.5. The van der Waals surface area contributed by atoms with E-state index in [0.717, 1.165) is 5.56 Å². The van der Waals surface area contributed by atoms with E-state index in [1.54, 1.807) is 43.3 Å². The van der Waals surface area contributed by atoms with E-state index in [0.29, 0.717) is 30.2 Å². The molecule has 1 heterocycles. The van der Waals surface area contributed by atoms with Gasteiger partial charge in [0.15, 0.2) is 6.10 Å². The Hall–Kier alpha value is -3.54. The minimum Gasteiger partial charge on any atom is -0.481 e. The van der Waals surface area contributed by atoms with Gasteiger partial charge in [-0.25, -0.2) is 0 Å². The molecule has 0 saturated heterocycles. The molecule has 1 N–H and O–H groups in total. The van der Waals surface area contributed by atoms with Crippen LogP contribution in [0.2, 0.25) is 0 Å². The Balaban J connectivity index is 1.74. The summed E-state index contributed by atoms with van der Waals surface area (Å²) < 4.78 is 11.2. The van der Waals surface area contributed by atoms with Gasteiger partial charge in [0.1, 0.15) is 11.5 Å². The fourth-order valence-electron chi connectivity index (χ4n) is 2.94. The lowest BCUT2D eigenvalue weighted by molar-refractivity contribution is -0.139. The molecule has 0 spiro atoms. The third kappa shape index (κ3) is 5.48. The normalized spacial score (nSPS) is 11.5. The fourth-order valence-corrected chi connectivity index (χ4v) is 2.94. The molecule has 2 aromatic carbocycles. The largest absolute Gasteiger partial charge is 0.481 e. The smallest absolute Gasteiger partial charge is 0.264 e. The molecule has 150 valence electrons. The standard InChI is InChI=1S/C23H24N2O4/c1-17(29-20-7-4-3-5-8-20)23(27)25(16-21-9-6-14-28-21)15-18-10-12-19(13-11-18)22(26)24-2/h3-14,17H,15-16H2,1-2H3,(H,24,26). The van der Waals surface area contributed by atoms with E-state index >= 15 is 0 Å². The Bertz CT molecular complexity index is 921. The number of furan rings is 1. The zero-order valence-corrected chi connectivity index (χ0v) is 16.5. The molecule has 1 aromatic heterocycles. The highest BCUT2D eigenvalue weighted by Crippen LogP contribution is 2.16. The van der Waals surface area contributed by atoms with Gasteiger partial charge in [-0.15, -0.1) is 0 Å². The molecule has 0 aliphatic carbocycles. The van der Waals surface area contributed by atoms with Crippen LogP contribution in [0, 0.1) is 0 Å². The number of para-hydroxylation sites is 1. The first kappa shape index (κ1) is 20.2. The van der Waals surface area contributed by atoms with E-state index < -0.39 is 6.10 Å². The van der Waals surface area contributed by atoms with Crippen LogP contribution in [0.5, 0.6) is 5.75 Å². The zero-order chi connectivity index (χ0) is 20.6. The lowest BCUT2D eigenvalue weighted by Gasteiger charge is -2.25. The molecule has 0 radical (unpaired) electrons. The summed E-state index contributed by atoms with van der Waals surface area (Å²) in [5, 5.41) is 2.60. The van der Waals surface area contributed by atoms with Gasteiger partial charge in [0.05, 0.1) is 12.8 Å². The minimum absolute atomic E-state index is 0.148. The molecular formula is C23H24N2O4. The summed E-state index contributed by atoms with van der Waals surface area (Å²) in [6, 6.07) is 20.0. The van der Waals surface area contributed by atoms with E-state index in [1.807, 2.05) is 48.5 Å². The molecule has 1 atom stereocenters. The maximum Gasteiger partial charge on any atom is 0.264 e. The van der Waals surface area contributed by atoms with Crippen molar-refractivity contribution in [1.29, 1.82) is 0 Å². The number of rotatable bonds is 8. The second kappa shape index (κ2) is 9.59. The number of nitrogens with one attached hydrogen (secondary N) is 1. The van der Waals surface area contributed by atoms with Crippen LogP contribution in [-0.4, -0.2) is 29.9 Å². The van der Waals surface area contributed by atoms with Crippen LogP contribution in [0.1, 0.15) is 28.6 Å². The lowest BCUT2D eigenvalue weighted by Crippen LogP contribution is -2.39. The van der Waals surface area contributed by atoms with Crippen molar-refractivity contribution in [3.05, 3.63) is 89.9 Å². The summed E-state index contributed by atoms with van der Waals surface area (Å²) in [5.41, 5.74) is 1.48. The second-order valence-electron chi connectivity index (χ2n) is 6.62. The topological polar surface area (TPSA) is 71.8 Å². The molecule has 2 amide bonds. The van der Waals surface area contributed by atoms with Gasteiger partial charge in [-0.1, -0.05) is 30.3 Å². The van der Waals surface area contributed by atoms with Crippen LogP contribution in [0.4, 0.5) is 0 Å². The number of hydrogen-bond acceptors (Lipinski definition) is 4. The molecule has 3 rings (SSSR count). The average molecular weight is 392 g/mol. The molecule has 0 saturated carbocycles. The highest BCUT2D eigenvalue weighted by molar-refractivity contribution is 5.93. The highest BCUT2D eigenvalue weighted by Gasteiger charge is 2.23. The number of carbonyl (C=O) groups excluding carboxylic acids is 2.